The molecule has 3 aromatic carbocycles. The molecule has 0 radical (unpaired) electrons. The second-order valence-corrected chi connectivity index (χ2v) is 9.58. The Morgan fingerprint density at radius 1 is 0.917 bits per heavy atom. The number of hydrogen-bond donors (Lipinski definition) is 1. The van der Waals surface area contributed by atoms with Crippen molar-refractivity contribution < 1.29 is 14.3 Å². The van der Waals surface area contributed by atoms with Crippen LogP contribution in [0.2, 0.25) is 0 Å². The van der Waals surface area contributed by atoms with Crippen LogP contribution in [0.5, 0.6) is 5.75 Å². The molecule has 0 heterocycles. The van der Waals surface area contributed by atoms with Crippen LogP contribution >= 0.6 is 0 Å². The molecule has 0 aliphatic carbocycles. The second kappa shape index (κ2) is 12.9. The maximum atomic E-state index is 13.7. The lowest BCUT2D eigenvalue weighted by molar-refractivity contribution is -0.143. The molecule has 0 aliphatic rings. The van der Waals surface area contributed by atoms with Crippen molar-refractivity contribution in [2.45, 2.75) is 66.1 Å². The van der Waals surface area contributed by atoms with Gasteiger partial charge in [0.25, 0.3) is 5.91 Å². The Kier molecular flexibility index (Phi) is 9.69. The van der Waals surface area contributed by atoms with Crippen LogP contribution in [0.1, 0.15) is 48.1 Å². The first-order valence-electron chi connectivity index (χ1n) is 12.7. The zero-order valence-electron chi connectivity index (χ0n) is 22.1. The lowest BCUT2D eigenvalue weighted by Crippen LogP contribution is -2.53. The molecule has 0 spiro atoms. The Balaban J connectivity index is 1.93. The lowest BCUT2D eigenvalue weighted by Gasteiger charge is -2.32. The summed E-state index contributed by atoms with van der Waals surface area (Å²) in [5, 5.41) is 3.10. The van der Waals surface area contributed by atoms with Crippen LogP contribution in [0, 0.1) is 20.8 Å². The van der Waals surface area contributed by atoms with Gasteiger partial charge in [-0.1, -0.05) is 67.6 Å². The van der Waals surface area contributed by atoms with Gasteiger partial charge in [0, 0.05) is 19.0 Å². The van der Waals surface area contributed by atoms with Gasteiger partial charge in [-0.05, 0) is 74.1 Å². The molecule has 1 N–H and O–H groups in total. The van der Waals surface area contributed by atoms with Crippen LogP contribution in [-0.4, -0.2) is 35.4 Å². The first kappa shape index (κ1) is 27.0. The van der Waals surface area contributed by atoms with Crippen molar-refractivity contribution in [1.82, 2.24) is 10.2 Å². The van der Waals surface area contributed by atoms with Crippen molar-refractivity contribution in [2.24, 2.45) is 0 Å². The van der Waals surface area contributed by atoms with Gasteiger partial charge >= 0.3 is 0 Å². The van der Waals surface area contributed by atoms with Gasteiger partial charge in [0.05, 0.1) is 0 Å². The van der Waals surface area contributed by atoms with Gasteiger partial charge in [0.15, 0.2) is 6.61 Å². The summed E-state index contributed by atoms with van der Waals surface area (Å²) in [6.07, 6.45) is 1.23. The van der Waals surface area contributed by atoms with Crippen molar-refractivity contribution in [1.29, 1.82) is 0 Å². The number of nitrogens with one attached hydrogen (secondary N) is 1. The molecule has 5 nitrogen and oxygen atoms in total. The average Bonchev–Trinajstić information content (AvgIpc) is 2.85. The molecule has 0 unspecified atom stereocenters. The SMILES string of the molecule is CC[C@H](C)NC(=O)[C@@H](Cc1ccccc1)N(Cc1ccccc1C)C(=O)COc1cc(C)cc(C)c1. The van der Waals surface area contributed by atoms with E-state index < -0.39 is 6.04 Å². The highest BCUT2D eigenvalue weighted by atomic mass is 16.5. The van der Waals surface area contributed by atoms with Gasteiger partial charge in [-0.15, -0.1) is 0 Å². The number of aryl methyl sites for hydroxylation is 3. The summed E-state index contributed by atoms with van der Waals surface area (Å²) in [6.45, 7) is 10.2. The fraction of sp³-hybridized carbons (Fsp3) is 0.355. The molecule has 0 aromatic heterocycles. The van der Waals surface area contributed by atoms with Crippen molar-refractivity contribution in [2.75, 3.05) is 6.61 Å². The van der Waals surface area contributed by atoms with Crippen molar-refractivity contribution in [3.8, 4) is 5.75 Å². The van der Waals surface area contributed by atoms with Crippen LogP contribution in [0.3, 0.4) is 0 Å². The minimum Gasteiger partial charge on any atom is -0.484 e. The third kappa shape index (κ3) is 7.70. The molecule has 0 saturated carbocycles. The van der Waals surface area contributed by atoms with Gasteiger partial charge < -0.3 is 15.0 Å². The summed E-state index contributed by atoms with van der Waals surface area (Å²) in [7, 11) is 0. The summed E-state index contributed by atoms with van der Waals surface area (Å²) in [5.74, 6) is 0.277. The Bertz CT molecular complexity index is 1140. The van der Waals surface area contributed by atoms with Crippen LogP contribution in [0.15, 0.2) is 72.8 Å². The summed E-state index contributed by atoms with van der Waals surface area (Å²) in [4.78, 5) is 28.9. The molecule has 3 aromatic rings. The first-order chi connectivity index (χ1) is 17.3. The molecule has 0 fully saturated rings. The zero-order chi connectivity index (χ0) is 26.1. The molecular weight excluding hydrogens is 448 g/mol. The van der Waals surface area contributed by atoms with Crippen LogP contribution < -0.4 is 10.1 Å². The zero-order valence-corrected chi connectivity index (χ0v) is 22.1. The quantitative estimate of drug-likeness (QED) is 0.387. The summed E-state index contributed by atoms with van der Waals surface area (Å²) in [6, 6.07) is 23.1. The third-order valence-corrected chi connectivity index (χ3v) is 6.43. The van der Waals surface area contributed by atoms with E-state index in [0.717, 1.165) is 34.2 Å². The van der Waals surface area contributed by atoms with E-state index in [1.165, 1.54) is 0 Å². The van der Waals surface area contributed by atoms with Crippen molar-refractivity contribution in [3.05, 3.63) is 101 Å². The number of benzene rings is 3. The summed E-state index contributed by atoms with van der Waals surface area (Å²) >= 11 is 0. The van der Waals surface area contributed by atoms with Gasteiger partial charge in [-0.3, -0.25) is 9.59 Å². The maximum absolute atomic E-state index is 13.7. The summed E-state index contributed by atoms with van der Waals surface area (Å²) < 4.78 is 5.94. The van der Waals surface area contributed by atoms with E-state index in [9.17, 15) is 9.59 Å². The molecule has 3 rings (SSSR count). The Morgan fingerprint density at radius 2 is 1.56 bits per heavy atom. The third-order valence-electron chi connectivity index (χ3n) is 6.43. The maximum Gasteiger partial charge on any atom is 0.261 e. The van der Waals surface area contributed by atoms with Gasteiger partial charge in [-0.25, -0.2) is 0 Å². The monoisotopic (exact) mass is 486 g/mol. The smallest absolute Gasteiger partial charge is 0.261 e. The minimum atomic E-state index is -0.670. The van der Waals surface area contributed by atoms with E-state index in [2.05, 4.69) is 11.4 Å². The molecule has 2 atom stereocenters. The van der Waals surface area contributed by atoms with E-state index >= 15 is 0 Å². The number of carbonyl (C=O) groups excluding carboxylic acids is 2. The van der Waals surface area contributed by atoms with Gasteiger partial charge in [0.2, 0.25) is 5.91 Å². The van der Waals surface area contributed by atoms with Crippen molar-refractivity contribution >= 4 is 11.8 Å². The van der Waals surface area contributed by atoms with Gasteiger partial charge in [-0.2, -0.15) is 0 Å². The highest BCUT2D eigenvalue weighted by Gasteiger charge is 2.31. The molecular formula is C31H38N2O3. The largest absolute Gasteiger partial charge is 0.484 e. The van der Waals surface area contributed by atoms with E-state index in [1.54, 1.807) is 4.90 Å². The van der Waals surface area contributed by atoms with E-state index in [4.69, 9.17) is 4.74 Å². The number of ether oxygens (including phenoxy) is 1. The Morgan fingerprint density at radius 3 is 2.19 bits per heavy atom. The van der Waals surface area contributed by atoms with E-state index in [-0.39, 0.29) is 24.5 Å². The number of carbonyl (C=O) groups is 2. The summed E-state index contributed by atoms with van der Waals surface area (Å²) in [5.41, 5.74) is 5.23. The predicted molar refractivity (Wildman–Crippen MR) is 145 cm³/mol. The first-order valence-corrected chi connectivity index (χ1v) is 12.7. The highest BCUT2D eigenvalue weighted by molar-refractivity contribution is 5.88. The number of amides is 2. The number of nitrogens with zero attached hydrogens (tertiary/aromatic N) is 1. The van der Waals surface area contributed by atoms with Crippen LogP contribution in [-0.2, 0) is 22.6 Å². The number of rotatable bonds is 11. The van der Waals surface area contributed by atoms with E-state index in [0.29, 0.717) is 18.7 Å². The lowest BCUT2D eigenvalue weighted by atomic mass is 10.0. The van der Waals surface area contributed by atoms with Crippen LogP contribution in [0.25, 0.3) is 0 Å². The standard InChI is InChI=1S/C31H38N2O3/c1-6-25(5)32-31(35)29(19-26-13-8-7-9-14-26)33(20-27-15-11-10-12-24(27)4)30(34)21-36-28-17-22(2)16-23(3)18-28/h7-18,25,29H,6,19-21H2,1-5H3,(H,32,35)/t25-,29+/m0/s1. The molecule has 0 bridgehead atoms. The van der Waals surface area contributed by atoms with E-state index in [1.807, 2.05) is 101 Å². The Hall–Kier alpha value is -3.60. The predicted octanol–water partition coefficient (Wildman–Crippen LogP) is 5.55. The van der Waals surface area contributed by atoms with Gasteiger partial charge in [0.1, 0.15) is 11.8 Å². The van der Waals surface area contributed by atoms with Crippen molar-refractivity contribution in [3.63, 3.8) is 0 Å². The molecule has 190 valence electrons. The fourth-order valence-electron chi connectivity index (χ4n) is 4.21. The molecule has 2 amide bonds. The molecule has 5 heteroatoms. The topological polar surface area (TPSA) is 58.6 Å². The van der Waals surface area contributed by atoms with Crippen LogP contribution in [0.4, 0.5) is 0 Å². The Labute approximate surface area is 215 Å². The normalized spacial score (nSPS) is 12.5. The number of hydrogen-bond acceptors (Lipinski definition) is 3. The fourth-order valence-corrected chi connectivity index (χ4v) is 4.21. The molecule has 36 heavy (non-hydrogen) atoms. The second-order valence-electron chi connectivity index (χ2n) is 9.58. The average molecular weight is 487 g/mol. The minimum absolute atomic E-state index is 0.0118. The highest BCUT2D eigenvalue weighted by Crippen LogP contribution is 2.19. The molecule has 0 saturated heterocycles. The molecule has 0 aliphatic heterocycles.